The average Bonchev–Trinajstić information content (AvgIpc) is 2.90. The van der Waals surface area contributed by atoms with Crippen LogP contribution in [0.5, 0.6) is 0 Å². The number of ether oxygens (including phenoxy) is 1. The molecule has 1 unspecified atom stereocenters. The number of anilines is 1. The maximum absolute atomic E-state index is 13.7. The van der Waals surface area contributed by atoms with Crippen LogP contribution in [0.25, 0.3) is 0 Å². The molecule has 106 valence electrons. The van der Waals surface area contributed by atoms with Crippen molar-refractivity contribution in [3.05, 3.63) is 29.6 Å². The number of hydrogen-bond acceptors (Lipinski definition) is 3. The van der Waals surface area contributed by atoms with Gasteiger partial charge in [0.15, 0.2) is 0 Å². The number of nitrogens with one attached hydrogen (secondary N) is 1. The number of amides is 1. The Bertz CT molecular complexity index is 542. The lowest BCUT2D eigenvalue weighted by atomic mass is 10.1. The monoisotopic (exact) mass is 277 g/mol. The van der Waals surface area contributed by atoms with Gasteiger partial charge in [-0.15, -0.1) is 0 Å². The van der Waals surface area contributed by atoms with E-state index >= 15 is 0 Å². The number of rotatable bonds is 3. The third-order valence-corrected chi connectivity index (χ3v) is 2.99. The normalized spacial score (nSPS) is 17.4. The number of aliphatic hydroxyl groups is 1. The van der Waals surface area contributed by atoms with Gasteiger partial charge in [0.25, 0.3) is 0 Å². The van der Waals surface area contributed by atoms with E-state index in [-0.39, 0.29) is 30.6 Å². The zero-order chi connectivity index (χ0) is 14.4. The predicted octanol–water partition coefficient (Wildman–Crippen LogP) is 1.68. The highest BCUT2D eigenvalue weighted by atomic mass is 19.1. The third-order valence-electron chi connectivity index (χ3n) is 2.99. The van der Waals surface area contributed by atoms with Crippen LogP contribution >= 0.6 is 0 Å². The largest absolute Gasteiger partial charge is 0.384 e. The maximum atomic E-state index is 13.7. The molecule has 1 saturated heterocycles. The van der Waals surface area contributed by atoms with E-state index in [9.17, 15) is 9.18 Å². The van der Waals surface area contributed by atoms with Gasteiger partial charge in [0.1, 0.15) is 12.4 Å². The quantitative estimate of drug-likeness (QED) is 0.826. The van der Waals surface area contributed by atoms with Crippen molar-refractivity contribution >= 4 is 11.6 Å². The van der Waals surface area contributed by atoms with Gasteiger partial charge in [-0.1, -0.05) is 11.8 Å². The van der Waals surface area contributed by atoms with E-state index < -0.39 is 5.82 Å². The van der Waals surface area contributed by atoms with E-state index in [1.165, 1.54) is 12.1 Å². The minimum Gasteiger partial charge on any atom is -0.384 e. The topological polar surface area (TPSA) is 58.6 Å². The summed E-state index contributed by atoms with van der Waals surface area (Å²) in [5, 5.41) is 11.2. The lowest BCUT2D eigenvalue weighted by Crippen LogP contribution is -2.19. The molecule has 1 aromatic carbocycles. The Morgan fingerprint density at radius 1 is 1.55 bits per heavy atom. The SMILES string of the molecule is O=C(CC1CCCO1)Nc1ccc(C#CCO)c(F)c1. The summed E-state index contributed by atoms with van der Waals surface area (Å²) in [6, 6.07) is 4.27. The third kappa shape index (κ3) is 4.05. The molecule has 0 aliphatic carbocycles. The molecular weight excluding hydrogens is 261 g/mol. The molecule has 0 bridgehead atoms. The van der Waals surface area contributed by atoms with Crippen LogP contribution in [0.3, 0.4) is 0 Å². The van der Waals surface area contributed by atoms with Crippen molar-refractivity contribution in [2.24, 2.45) is 0 Å². The van der Waals surface area contributed by atoms with Gasteiger partial charge in [0.2, 0.25) is 5.91 Å². The molecule has 1 aliphatic rings. The summed E-state index contributed by atoms with van der Waals surface area (Å²) in [5.74, 6) is 4.15. The highest BCUT2D eigenvalue weighted by molar-refractivity contribution is 5.91. The van der Waals surface area contributed by atoms with Crippen molar-refractivity contribution in [3.8, 4) is 11.8 Å². The molecule has 1 aliphatic heterocycles. The summed E-state index contributed by atoms with van der Waals surface area (Å²) in [4.78, 5) is 11.8. The molecule has 1 aromatic rings. The molecule has 1 heterocycles. The molecule has 20 heavy (non-hydrogen) atoms. The molecule has 1 fully saturated rings. The van der Waals surface area contributed by atoms with Crippen LogP contribution in [0.4, 0.5) is 10.1 Å². The Labute approximate surface area is 116 Å². The average molecular weight is 277 g/mol. The van der Waals surface area contributed by atoms with Gasteiger partial charge in [0, 0.05) is 12.3 Å². The van der Waals surface area contributed by atoms with E-state index in [1.54, 1.807) is 6.07 Å². The van der Waals surface area contributed by atoms with Crippen LogP contribution in [-0.2, 0) is 9.53 Å². The van der Waals surface area contributed by atoms with Gasteiger partial charge in [-0.05, 0) is 31.0 Å². The van der Waals surface area contributed by atoms with Crippen LogP contribution in [0.2, 0.25) is 0 Å². The standard InChI is InChI=1S/C15H16FNO3/c16-14-9-12(6-5-11(14)3-1-7-18)17-15(19)10-13-4-2-8-20-13/h5-6,9,13,18H,2,4,7-8,10H2,(H,17,19). The van der Waals surface area contributed by atoms with Crippen molar-refractivity contribution in [2.45, 2.75) is 25.4 Å². The number of carbonyl (C=O) groups excluding carboxylic acids is 1. The van der Waals surface area contributed by atoms with Crippen molar-refractivity contribution < 1.29 is 19.0 Å². The first kappa shape index (κ1) is 14.5. The lowest BCUT2D eigenvalue weighted by Gasteiger charge is -2.10. The molecule has 0 aromatic heterocycles. The van der Waals surface area contributed by atoms with Crippen molar-refractivity contribution in [3.63, 3.8) is 0 Å². The lowest BCUT2D eigenvalue weighted by molar-refractivity contribution is -0.118. The van der Waals surface area contributed by atoms with E-state index in [4.69, 9.17) is 9.84 Å². The molecule has 1 amide bonds. The Kier molecular flexibility index (Phi) is 5.10. The van der Waals surface area contributed by atoms with Crippen molar-refractivity contribution in [1.29, 1.82) is 0 Å². The fraction of sp³-hybridized carbons (Fsp3) is 0.400. The maximum Gasteiger partial charge on any atom is 0.226 e. The molecule has 2 N–H and O–H groups in total. The van der Waals surface area contributed by atoms with Gasteiger partial charge in [-0.25, -0.2) is 4.39 Å². The van der Waals surface area contributed by atoms with E-state index in [0.717, 1.165) is 12.8 Å². The summed E-state index contributed by atoms with van der Waals surface area (Å²) in [5.41, 5.74) is 0.580. The smallest absolute Gasteiger partial charge is 0.226 e. The fourth-order valence-corrected chi connectivity index (χ4v) is 2.05. The number of carbonyl (C=O) groups is 1. The van der Waals surface area contributed by atoms with E-state index in [2.05, 4.69) is 17.2 Å². The summed E-state index contributed by atoms with van der Waals surface area (Å²) in [6.45, 7) is 0.379. The summed E-state index contributed by atoms with van der Waals surface area (Å²) in [7, 11) is 0. The van der Waals surface area contributed by atoms with Crippen molar-refractivity contribution in [2.75, 3.05) is 18.5 Å². The zero-order valence-corrected chi connectivity index (χ0v) is 11.0. The first-order chi connectivity index (χ1) is 9.69. The van der Waals surface area contributed by atoms with Gasteiger partial charge >= 0.3 is 0 Å². The molecule has 0 spiro atoms. The summed E-state index contributed by atoms with van der Waals surface area (Å²) in [6.07, 6.45) is 2.12. The van der Waals surface area contributed by atoms with Crippen LogP contribution in [0.1, 0.15) is 24.8 Å². The molecule has 1 atom stereocenters. The Morgan fingerprint density at radius 2 is 2.40 bits per heavy atom. The minimum atomic E-state index is -0.527. The predicted molar refractivity (Wildman–Crippen MR) is 72.6 cm³/mol. The Balaban J connectivity index is 1.95. The first-order valence-corrected chi connectivity index (χ1v) is 6.50. The first-order valence-electron chi connectivity index (χ1n) is 6.50. The molecule has 0 radical (unpaired) electrons. The van der Waals surface area contributed by atoms with Crippen LogP contribution in [-0.4, -0.2) is 30.3 Å². The highest BCUT2D eigenvalue weighted by Gasteiger charge is 2.19. The molecule has 5 heteroatoms. The number of aliphatic hydroxyl groups excluding tert-OH is 1. The second-order valence-electron chi connectivity index (χ2n) is 4.54. The Hall–Kier alpha value is -1.90. The van der Waals surface area contributed by atoms with Gasteiger partial charge in [-0.3, -0.25) is 4.79 Å². The second kappa shape index (κ2) is 7.04. The van der Waals surface area contributed by atoms with E-state index in [1.807, 2.05) is 0 Å². The van der Waals surface area contributed by atoms with Crippen LogP contribution in [0, 0.1) is 17.7 Å². The van der Waals surface area contributed by atoms with Crippen molar-refractivity contribution in [1.82, 2.24) is 0 Å². The fourth-order valence-electron chi connectivity index (χ4n) is 2.05. The number of benzene rings is 1. The van der Waals surface area contributed by atoms with Gasteiger partial charge in [0.05, 0.1) is 18.1 Å². The van der Waals surface area contributed by atoms with Gasteiger partial charge < -0.3 is 15.2 Å². The minimum absolute atomic E-state index is 0.0328. The Morgan fingerprint density at radius 3 is 3.05 bits per heavy atom. The summed E-state index contributed by atoms with van der Waals surface area (Å²) >= 11 is 0. The number of halogens is 1. The second-order valence-corrected chi connectivity index (χ2v) is 4.54. The molecule has 2 rings (SSSR count). The van der Waals surface area contributed by atoms with E-state index in [0.29, 0.717) is 12.3 Å². The zero-order valence-electron chi connectivity index (χ0n) is 11.0. The van der Waals surface area contributed by atoms with Gasteiger partial charge in [-0.2, -0.15) is 0 Å². The molecule has 0 saturated carbocycles. The number of hydrogen-bond donors (Lipinski definition) is 2. The summed E-state index contributed by atoms with van der Waals surface area (Å²) < 4.78 is 19.0. The van der Waals surface area contributed by atoms with Crippen LogP contribution in [0.15, 0.2) is 18.2 Å². The highest BCUT2D eigenvalue weighted by Crippen LogP contribution is 2.18. The molecular formula is C15H16FNO3. The molecule has 4 nitrogen and oxygen atoms in total. The van der Waals surface area contributed by atoms with Crippen LogP contribution < -0.4 is 5.32 Å².